The lowest BCUT2D eigenvalue weighted by Crippen LogP contribution is -2.37. The van der Waals surface area contributed by atoms with Crippen LogP contribution in [-0.4, -0.2) is 70.0 Å². The van der Waals surface area contributed by atoms with Gasteiger partial charge in [0.2, 0.25) is 0 Å². The summed E-state index contributed by atoms with van der Waals surface area (Å²) in [6, 6.07) is 0. The zero-order chi connectivity index (χ0) is 66.9. The molecule has 0 rings (SSSR count). The van der Waals surface area contributed by atoms with Crippen LogP contribution in [-0.2, 0) is 32.7 Å². The summed E-state index contributed by atoms with van der Waals surface area (Å²) in [5, 5.41) is 0. The van der Waals surface area contributed by atoms with Crippen molar-refractivity contribution in [2.75, 3.05) is 47.5 Å². The molecule has 0 aliphatic carbocycles. The minimum absolute atomic E-state index is 0.0490. The number of phosphoric ester groups is 1. The molecule has 0 bridgehead atoms. The molecule has 10 heteroatoms. The van der Waals surface area contributed by atoms with Crippen LogP contribution >= 0.6 is 7.82 Å². The normalized spacial score (nSPS) is 14.1. The lowest BCUT2D eigenvalue weighted by atomic mass is 10.0. The summed E-state index contributed by atoms with van der Waals surface area (Å²) in [4.78, 5) is 38.1. The van der Waals surface area contributed by atoms with Crippen LogP contribution in [0.2, 0.25) is 0 Å². The summed E-state index contributed by atoms with van der Waals surface area (Å²) < 4.78 is 34.2. The van der Waals surface area contributed by atoms with E-state index in [9.17, 15) is 19.0 Å². The van der Waals surface area contributed by atoms with Crippen molar-refractivity contribution in [2.45, 2.75) is 290 Å². The summed E-state index contributed by atoms with van der Waals surface area (Å²) in [5.41, 5.74) is 0. The average Bonchev–Trinajstić information content (AvgIpc) is 2.14. The molecule has 0 aromatic rings. The molecular formula is C82H136NO8P. The summed E-state index contributed by atoms with van der Waals surface area (Å²) in [7, 11) is 1.12. The number of hydrogen-bond donors (Lipinski definition) is 0. The van der Waals surface area contributed by atoms with Crippen LogP contribution in [0.1, 0.15) is 284 Å². The van der Waals surface area contributed by atoms with E-state index in [0.717, 1.165) is 109 Å². The molecule has 92 heavy (non-hydrogen) atoms. The number of esters is 2. The third-order valence-electron chi connectivity index (χ3n) is 15.2. The van der Waals surface area contributed by atoms with Gasteiger partial charge in [0.15, 0.2) is 6.10 Å². The second-order valence-corrected chi connectivity index (χ2v) is 26.6. The second kappa shape index (κ2) is 70.7. The lowest BCUT2D eigenvalue weighted by Gasteiger charge is -2.28. The Kier molecular flexibility index (Phi) is 67.1. The van der Waals surface area contributed by atoms with E-state index in [0.29, 0.717) is 23.9 Å². The van der Waals surface area contributed by atoms with Gasteiger partial charge in [0.1, 0.15) is 19.8 Å². The van der Waals surface area contributed by atoms with E-state index in [2.05, 4.69) is 178 Å². The third kappa shape index (κ3) is 74.4. The molecule has 0 fully saturated rings. The van der Waals surface area contributed by atoms with Crippen LogP contribution in [0.5, 0.6) is 0 Å². The Morgan fingerprint density at radius 2 is 0.598 bits per heavy atom. The van der Waals surface area contributed by atoms with Crippen molar-refractivity contribution < 1.29 is 42.1 Å². The Bertz CT molecular complexity index is 2160. The van der Waals surface area contributed by atoms with Gasteiger partial charge in [-0.25, -0.2) is 0 Å². The van der Waals surface area contributed by atoms with E-state index in [1.165, 1.54) is 135 Å². The molecule has 0 aromatic heterocycles. The molecule has 0 radical (unpaired) electrons. The standard InChI is InChI=1S/C82H136NO8P/c1-6-8-10-12-14-16-18-20-22-24-26-28-30-32-34-36-37-38-39-40-41-42-43-44-45-47-48-50-52-54-56-58-60-62-64-66-68-70-72-74-81(84)88-78-80(79-90-92(86,87)89-77-76-83(3,4)5)91-82(85)75-73-71-69-67-65-63-61-59-57-55-53-51-49-46-35-33-31-29-27-25-23-21-19-17-15-13-11-9-7-2/h8-11,14-17,20-23,26-29,32-35,49,51,55,57,61,63,67,69,80H,6-7,12-13,18-19,24-25,30-31,36-48,50,52-54,56,58-60,62,64-66,68,70-79H2,1-5H3/b10-8-,11-9-,16-14-,17-15-,22-20-,23-21-,28-26-,29-27-,34-32-,35-33-,51-49-,57-55-,63-61-,69-67-. The number of hydrogen-bond acceptors (Lipinski definition) is 8. The van der Waals surface area contributed by atoms with Crippen LogP contribution in [0.3, 0.4) is 0 Å². The van der Waals surface area contributed by atoms with Gasteiger partial charge in [0, 0.05) is 12.8 Å². The zero-order valence-corrected chi connectivity index (χ0v) is 60.3. The fraction of sp³-hybridized carbons (Fsp3) is 0.634. The highest BCUT2D eigenvalue weighted by atomic mass is 31.2. The summed E-state index contributed by atoms with van der Waals surface area (Å²) in [6.07, 6.45) is 108. The topological polar surface area (TPSA) is 111 Å². The number of ether oxygens (including phenoxy) is 2. The molecule has 0 saturated carbocycles. The molecule has 0 N–H and O–H groups in total. The number of nitrogens with zero attached hydrogens (tertiary/aromatic N) is 1. The van der Waals surface area contributed by atoms with E-state index < -0.39 is 32.5 Å². The van der Waals surface area contributed by atoms with Crippen LogP contribution in [0.15, 0.2) is 170 Å². The van der Waals surface area contributed by atoms with Crippen molar-refractivity contribution in [2.24, 2.45) is 0 Å². The first kappa shape index (κ1) is 87.4. The number of likely N-dealkylation sites (N-methyl/N-ethyl adjacent to an activating group) is 1. The van der Waals surface area contributed by atoms with Crippen molar-refractivity contribution >= 4 is 19.8 Å². The first-order valence-corrected chi connectivity index (χ1v) is 38.3. The molecule has 0 saturated heterocycles. The van der Waals surface area contributed by atoms with E-state index in [1.54, 1.807) is 0 Å². The van der Waals surface area contributed by atoms with Crippen molar-refractivity contribution in [3.8, 4) is 0 Å². The molecule has 522 valence electrons. The minimum atomic E-state index is -4.67. The maximum atomic E-state index is 12.8. The predicted octanol–water partition coefficient (Wildman–Crippen LogP) is 23.9. The van der Waals surface area contributed by atoms with Gasteiger partial charge in [0.05, 0.1) is 27.7 Å². The van der Waals surface area contributed by atoms with Crippen molar-refractivity contribution in [3.05, 3.63) is 170 Å². The van der Waals surface area contributed by atoms with Gasteiger partial charge >= 0.3 is 11.9 Å². The van der Waals surface area contributed by atoms with Gasteiger partial charge in [-0.3, -0.25) is 14.2 Å². The third-order valence-corrected chi connectivity index (χ3v) is 16.2. The van der Waals surface area contributed by atoms with Gasteiger partial charge in [-0.2, -0.15) is 0 Å². The van der Waals surface area contributed by atoms with E-state index in [1.807, 2.05) is 27.2 Å². The number of phosphoric acid groups is 1. The summed E-state index contributed by atoms with van der Waals surface area (Å²) in [5.74, 6) is -0.906. The first-order valence-electron chi connectivity index (χ1n) is 36.8. The second-order valence-electron chi connectivity index (χ2n) is 25.2. The van der Waals surface area contributed by atoms with E-state index in [4.69, 9.17) is 18.5 Å². The molecule has 2 atom stereocenters. The highest BCUT2D eigenvalue weighted by molar-refractivity contribution is 7.45. The Morgan fingerprint density at radius 3 is 0.902 bits per heavy atom. The Morgan fingerprint density at radius 1 is 0.337 bits per heavy atom. The smallest absolute Gasteiger partial charge is 0.306 e. The number of allylic oxidation sites excluding steroid dienone is 28. The number of unbranched alkanes of at least 4 members (excludes halogenated alkanes) is 24. The van der Waals surface area contributed by atoms with Gasteiger partial charge in [0.25, 0.3) is 7.82 Å². The molecule has 0 amide bonds. The Balaban J connectivity index is 4.08. The minimum Gasteiger partial charge on any atom is -0.756 e. The van der Waals surface area contributed by atoms with Gasteiger partial charge in [-0.15, -0.1) is 0 Å². The molecule has 0 spiro atoms. The zero-order valence-electron chi connectivity index (χ0n) is 59.4. The highest BCUT2D eigenvalue weighted by Crippen LogP contribution is 2.38. The molecule has 0 aliphatic rings. The molecule has 0 heterocycles. The molecule has 0 aromatic carbocycles. The number of quaternary nitrogens is 1. The van der Waals surface area contributed by atoms with Crippen LogP contribution in [0.25, 0.3) is 0 Å². The van der Waals surface area contributed by atoms with Crippen LogP contribution in [0.4, 0.5) is 0 Å². The first-order chi connectivity index (χ1) is 45.0. The van der Waals surface area contributed by atoms with Crippen molar-refractivity contribution in [1.29, 1.82) is 0 Å². The Hall–Kier alpha value is -4.63. The van der Waals surface area contributed by atoms with E-state index >= 15 is 0 Å². The van der Waals surface area contributed by atoms with Crippen molar-refractivity contribution in [3.63, 3.8) is 0 Å². The van der Waals surface area contributed by atoms with Gasteiger partial charge in [-0.05, 0) is 122 Å². The highest BCUT2D eigenvalue weighted by Gasteiger charge is 2.22. The van der Waals surface area contributed by atoms with Crippen LogP contribution in [0, 0.1) is 0 Å². The fourth-order valence-corrected chi connectivity index (χ4v) is 10.4. The molecule has 0 aliphatic heterocycles. The SMILES string of the molecule is CC/C=C\C/C=C\C/C=C\C/C=C\C/C=C\C/C=C\C/C=C\C/C=C\C/C=C\CCCC(=O)OC(COC(=O)CCCCCCCCCCCCCCCCCCCCCCCCC/C=C\C/C=C\C/C=C\C/C=C\C/C=C\CC)COP(=O)([O-])OCC[N+](C)(C)C. The van der Waals surface area contributed by atoms with Gasteiger partial charge in [-0.1, -0.05) is 319 Å². The van der Waals surface area contributed by atoms with Crippen molar-refractivity contribution in [1.82, 2.24) is 0 Å². The largest absolute Gasteiger partial charge is 0.756 e. The lowest BCUT2D eigenvalue weighted by molar-refractivity contribution is -0.870. The molecule has 9 nitrogen and oxygen atoms in total. The van der Waals surface area contributed by atoms with Crippen LogP contribution < -0.4 is 4.89 Å². The fourth-order valence-electron chi connectivity index (χ4n) is 9.69. The van der Waals surface area contributed by atoms with Gasteiger partial charge < -0.3 is 27.9 Å². The quantitative estimate of drug-likeness (QED) is 0.0195. The van der Waals surface area contributed by atoms with E-state index in [-0.39, 0.29) is 26.1 Å². The number of carbonyl (C=O) groups is 2. The molecule has 2 unspecified atom stereocenters. The number of rotatable bonds is 66. The maximum absolute atomic E-state index is 12.8. The summed E-state index contributed by atoms with van der Waals surface area (Å²) in [6.45, 7) is 3.95. The average molecular weight is 1290 g/mol. The predicted molar refractivity (Wildman–Crippen MR) is 396 cm³/mol. The monoisotopic (exact) mass is 1290 g/mol. The summed E-state index contributed by atoms with van der Waals surface area (Å²) >= 11 is 0. The molecular weight excluding hydrogens is 1160 g/mol. The maximum Gasteiger partial charge on any atom is 0.306 e. The Labute approximate surface area is 566 Å². The number of carbonyl (C=O) groups excluding carboxylic acids is 2.